The summed E-state index contributed by atoms with van der Waals surface area (Å²) in [6.45, 7) is 27.9. The van der Waals surface area contributed by atoms with Crippen LogP contribution in [0.5, 0.6) is 0 Å². The van der Waals surface area contributed by atoms with Gasteiger partial charge in [0, 0.05) is 43.1 Å². The van der Waals surface area contributed by atoms with E-state index in [2.05, 4.69) is 205 Å². The van der Waals surface area contributed by atoms with Crippen molar-refractivity contribution in [2.75, 3.05) is 0 Å². The molecule has 2 nitrogen and oxygen atoms in total. The van der Waals surface area contributed by atoms with E-state index in [4.69, 9.17) is 0 Å². The fraction of sp³-hybridized carbons (Fsp3) is 0.333. The second-order valence-corrected chi connectivity index (χ2v) is 25.0. The molecule has 0 spiro atoms. The molecular weight excluding hydrogens is 988 g/mol. The molecule has 9 rings (SSSR count). The van der Waals surface area contributed by atoms with Crippen molar-refractivity contribution >= 4 is 170 Å². The van der Waals surface area contributed by atoms with E-state index in [0.717, 1.165) is 40.0 Å². The molecule has 0 radical (unpaired) electrons. The van der Waals surface area contributed by atoms with Crippen LogP contribution in [0.4, 0.5) is 0 Å². The molecule has 0 aliphatic heterocycles. The lowest BCUT2D eigenvalue weighted by molar-refractivity contribution is 0.591. The van der Waals surface area contributed by atoms with E-state index in [1.807, 2.05) is 22.7 Å². The van der Waals surface area contributed by atoms with E-state index in [9.17, 15) is 0 Å². The maximum atomic E-state index is 4.17. The van der Waals surface area contributed by atoms with Crippen molar-refractivity contribution in [2.45, 2.75) is 105 Å². The number of rotatable bonds is 0. The van der Waals surface area contributed by atoms with Gasteiger partial charge in [0.25, 0.3) is 0 Å². The lowest BCUT2D eigenvalue weighted by Crippen LogP contribution is -2.11. The van der Waals surface area contributed by atoms with Crippen LogP contribution in [0.15, 0.2) is 66.4 Å². The fourth-order valence-corrected chi connectivity index (χ4v) is 13.5. The third-order valence-electron chi connectivity index (χ3n) is 11.7. The van der Waals surface area contributed by atoms with E-state index in [0.29, 0.717) is 0 Å². The lowest BCUT2D eigenvalue weighted by atomic mass is 9.84. The molecule has 0 aliphatic carbocycles. The van der Waals surface area contributed by atoms with Crippen LogP contribution in [0.1, 0.15) is 105 Å². The summed E-state index contributed by atoms with van der Waals surface area (Å²) in [4.78, 5) is 8.16. The van der Waals surface area contributed by atoms with Crippen molar-refractivity contribution in [3.05, 3.63) is 88.7 Å². The molecule has 2 N–H and O–H groups in total. The zero-order valence-corrected chi connectivity index (χ0v) is 41.9. The minimum absolute atomic E-state index is 0.0593. The Morgan fingerprint density at radius 2 is 0.500 bits per heavy atom. The van der Waals surface area contributed by atoms with Crippen LogP contribution >= 0.6 is 86.4 Å². The first-order valence-electron chi connectivity index (χ1n) is 19.2. The van der Waals surface area contributed by atoms with Crippen LogP contribution in [0.3, 0.4) is 0 Å². The van der Waals surface area contributed by atoms with Crippen molar-refractivity contribution < 1.29 is 0 Å². The first-order chi connectivity index (χ1) is 25.9. The average molecular weight is 1030 g/mol. The highest BCUT2D eigenvalue weighted by Gasteiger charge is 2.26. The number of hydrogen-bond acceptors (Lipinski definition) is 2. The Morgan fingerprint density at radius 1 is 0.321 bits per heavy atom. The van der Waals surface area contributed by atoms with Gasteiger partial charge in [-0.25, -0.2) is 0 Å². The molecule has 8 bridgehead atoms. The number of H-pyrrole nitrogens is 2. The van der Waals surface area contributed by atoms with Crippen molar-refractivity contribution in [1.82, 2.24) is 9.97 Å². The first kappa shape index (κ1) is 39.3. The van der Waals surface area contributed by atoms with Crippen molar-refractivity contribution in [3.63, 3.8) is 0 Å². The Labute approximate surface area is 370 Å². The van der Waals surface area contributed by atoms with Gasteiger partial charge in [0.1, 0.15) is 0 Å². The Hall–Kier alpha value is -2.20. The highest BCUT2D eigenvalue weighted by molar-refractivity contribution is 9.13. The first-order valence-corrected chi connectivity index (χ1v) is 24.0. The van der Waals surface area contributed by atoms with E-state index >= 15 is 0 Å². The number of hydrogen-bond donors (Lipinski definition) is 2. The fourth-order valence-electron chi connectivity index (χ4n) is 8.13. The van der Waals surface area contributed by atoms with Crippen molar-refractivity contribution in [2.24, 2.45) is 0 Å². The molecule has 0 atom stereocenters. The van der Waals surface area contributed by atoms with Gasteiger partial charge in [0.15, 0.2) is 0 Å². The predicted molar refractivity (Wildman–Crippen MR) is 265 cm³/mol. The molecule has 288 valence electrons. The van der Waals surface area contributed by atoms with Gasteiger partial charge in [-0.1, -0.05) is 83.1 Å². The van der Waals surface area contributed by atoms with Crippen LogP contribution in [0.2, 0.25) is 0 Å². The van der Waals surface area contributed by atoms with Gasteiger partial charge in [-0.05, 0) is 156 Å². The highest BCUT2D eigenvalue weighted by atomic mass is 79.9. The maximum absolute atomic E-state index is 4.17. The molecule has 9 aromatic rings. The lowest BCUT2D eigenvalue weighted by Gasteiger charge is -2.21. The van der Waals surface area contributed by atoms with Crippen LogP contribution in [0.25, 0.3) is 84.0 Å². The quantitative estimate of drug-likeness (QED) is 0.152. The van der Waals surface area contributed by atoms with E-state index in [1.54, 1.807) is 0 Å². The largest absolute Gasteiger partial charge is 0.353 e. The standard InChI is InChI=1S/C48H46Br4N2S2/c1-45(2,3)21-13-25-26-14-22(46(4,5)6)18-30-38(26)53-37(25)29(17-21)41-33(49)34(50)42(55-41)31-19-23(47(7,8)9)15-27-28-16-24(48(10,11)12)20-32(40(28)54-39(27)31)44-36(52)35(51)43(30)56-44/h13-20,53-54H,1-12H3. The summed E-state index contributed by atoms with van der Waals surface area (Å²) >= 11 is 20.4. The zero-order valence-electron chi connectivity index (χ0n) is 33.9. The third-order valence-corrected chi connectivity index (χ3v) is 19.5. The van der Waals surface area contributed by atoms with Gasteiger partial charge in [-0.3, -0.25) is 0 Å². The summed E-state index contributed by atoms with van der Waals surface area (Å²) in [5.74, 6) is 0. The smallest absolute Gasteiger partial charge is 0.0553 e. The average Bonchev–Trinajstić information content (AvgIpc) is 3.82. The molecule has 0 amide bonds. The Morgan fingerprint density at radius 3 is 0.679 bits per heavy atom. The van der Waals surface area contributed by atoms with Gasteiger partial charge in [-0.2, -0.15) is 0 Å². The molecule has 5 aromatic heterocycles. The van der Waals surface area contributed by atoms with E-state index in [-0.39, 0.29) is 21.7 Å². The molecule has 0 aliphatic rings. The molecule has 8 heteroatoms. The molecule has 4 aromatic carbocycles. The Balaban J connectivity index is 1.68. The number of thiophene rings is 2. The molecule has 0 fully saturated rings. The molecule has 0 saturated heterocycles. The maximum Gasteiger partial charge on any atom is 0.0553 e. The Kier molecular flexibility index (Phi) is 8.88. The number of fused-ring (bicyclic) bond motifs is 10. The summed E-state index contributed by atoms with van der Waals surface area (Å²) in [6, 6.07) is 19.5. The highest BCUT2D eigenvalue weighted by Crippen LogP contribution is 2.51. The van der Waals surface area contributed by atoms with Gasteiger partial charge in [0.05, 0.1) is 58.8 Å². The normalized spacial score (nSPS) is 13.7. The number of benzene rings is 4. The van der Waals surface area contributed by atoms with Gasteiger partial charge >= 0.3 is 0 Å². The molecular formula is C48H46Br4N2S2. The number of aromatic amines is 2. The topological polar surface area (TPSA) is 31.6 Å². The van der Waals surface area contributed by atoms with Crippen LogP contribution in [0, 0.1) is 0 Å². The van der Waals surface area contributed by atoms with Crippen molar-refractivity contribution in [3.8, 4) is 0 Å². The van der Waals surface area contributed by atoms with Crippen molar-refractivity contribution in [1.29, 1.82) is 0 Å². The summed E-state index contributed by atoms with van der Waals surface area (Å²) in [7, 11) is 0. The number of aromatic nitrogens is 2. The van der Waals surface area contributed by atoms with Gasteiger partial charge in [0.2, 0.25) is 0 Å². The molecule has 0 saturated carbocycles. The molecule has 5 heterocycles. The summed E-state index contributed by atoms with van der Waals surface area (Å²) in [5.41, 5.74) is 9.68. The third kappa shape index (κ3) is 5.96. The minimum atomic E-state index is -0.0593. The van der Waals surface area contributed by atoms with E-state index in [1.165, 1.54) is 84.1 Å². The minimum Gasteiger partial charge on any atom is -0.353 e. The van der Waals surface area contributed by atoms with Gasteiger partial charge in [-0.15, -0.1) is 22.7 Å². The molecule has 0 unspecified atom stereocenters. The van der Waals surface area contributed by atoms with Crippen LogP contribution in [-0.4, -0.2) is 9.97 Å². The molecule has 56 heavy (non-hydrogen) atoms. The SMILES string of the molecule is CC(C)(C)c1cc2c3sc(c(Br)c3Br)c3cc(C(C)(C)C)cc4c5cc(C(C)(C)C)cc(c6sc(c(Br)c6Br)c6cc(C(C)(C)C)cc7c(c1)c2[nH]c67)c5[nH]c34. The Bertz CT molecular complexity index is 2790. The zero-order chi connectivity index (χ0) is 40.3. The monoisotopic (exact) mass is 1030 g/mol. The summed E-state index contributed by atoms with van der Waals surface area (Å²) in [5, 5.41) is 9.89. The number of nitrogens with one attached hydrogen (secondary N) is 2. The summed E-state index contributed by atoms with van der Waals surface area (Å²) < 4.78 is 9.17. The van der Waals surface area contributed by atoms with Crippen LogP contribution < -0.4 is 0 Å². The number of halogens is 4. The van der Waals surface area contributed by atoms with E-state index < -0.39 is 0 Å². The summed E-state index contributed by atoms with van der Waals surface area (Å²) in [6.07, 6.45) is 0. The van der Waals surface area contributed by atoms with Gasteiger partial charge < -0.3 is 9.97 Å². The predicted octanol–water partition coefficient (Wildman–Crippen LogP) is 18.5. The van der Waals surface area contributed by atoms with Crippen LogP contribution in [-0.2, 0) is 21.7 Å². The second kappa shape index (κ2) is 12.7. The second-order valence-electron chi connectivity index (χ2n) is 19.8.